The fourth-order valence-electron chi connectivity index (χ4n) is 1.91. The quantitative estimate of drug-likeness (QED) is 0.888. The minimum Gasteiger partial charge on any atom is -0.278 e. The first kappa shape index (κ1) is 16.8. The Hall–Kier alpha value is -1.59. The van der Waals surface area contributed by atoms with Gasteiger partial charge in [0.2, 0.25) is 0 Å². The predicted molar refractivity (Wildman–Crippen MR) is 87.4 cm³/mol. The topological polar surface area (TPSA) is 46.2 Å². The molecule has 0 bridgehead atoms. The van der Waals surface area contributed by atoms with Crippen LogP contribution in [0.5, 0.6) is 0 Å². The van der Waals surface area contributed by atoms with Gasteiger partial charge < -0.3 is 0 Å². The van der Waals surface area contributed by atoms with Gasteiger partial charge in [0.15, 0.2) is 0 Å². The average Bonchev–Trinajstić information content (AvgIpc) is 2.41. The lowest BCUT2D eigenvalue weighted by Crippen LogP contribution is -2.15. The first-order valence-corrected chi connectivity index (χ1v) is 8.54. The van der Waals surface area contributed by atoms with Crippen molar-refractivity contribution in [2.24, 2.45) is 0 Å². The van der Waals surface area contributed by atoms with Crippen molar-refractivity contribution in [2.45, 2.75) is 31.1 Å². The van der Waals surface area contributed by atoms with Gasteiger partial charge in [0.1, 0.15) is 5.82 Å². The van der Waals surface area contributed by atoms with Crippen LogP contribution >= 0.6 is 11.6 Å². The lowest BCUT2D eigenvalue weighted by Gasteiger charge is -2.19. The van der Waals surface area contributed by atoms with Gasteiger partial charge in [-0.3, -0.25) is 4.72 Å². The number of nitrogens with one attached hydrogen (secondary N) is 1. The van der Waals surface area contributed by atoms with E-state index >= 15 is 0 Å². The molecule has 0 amide bonds. The molecule has 0 aliphatic rings. The highest BCUT2D eigenvalue weighted by Crippen LogP contribution is 2.27. The van der Waals surface area contributed by atoms with E-state index in [-0.39, 0.29) is 21.0 Å². The maximum Gasteiger partial charge on any atom is 0.261 e. The van der Waals surface area contributed by atoms with Gasteiger partial charge >= 0.3 is 0 Å². The summed E-state index contributed by atoms with van der Waals surface area (Å²) in [5, 5.41) is 0.00915. The fourth-order valence-corrected chi connectivity index (χ4v) is 3.26. The number of hydrogen-bond acceptors (Lipinski definition) is 2. The van der Waals surface area contributed by atoms with Crippen molar-refractivity contribution in [2.75, 3.05) is 4.72 Å². The number of sulfonamides is 1. The number of halogens is 2. The van der Waals surface area contributed by atoms with Crippen molar-refractivity contribution in [3.63, 3.8) is 0 Å². The Morgan fingerprint density at radius 3 is 2.14 bits per heavy atom. The van der Waals surface area contributed by atoms with E-state index in [1.54, 1.807) is 24.3 Å². The molecule has 6 heteroatoms. The van der Waals surface area contributed by atoms with E-state index in [1.165, 1.54) is 6.07 Å². The Morgan fingerprint density at radius 2 is 1.64 bits per heavy atom. The SMILES string of the molecule is CC(C)(C)c1ccc(S(=O)(=O)Nc2ccc(F)cc2Cl)cc1. The summed E-state index contributed by atoms with van der Waals surface area (Å²) >= 11 is 5.84. The minimum absolute atomic E-state index is 0.00915. The van der Waals surface area contributed by atoms with Crippen LogP contribution in [0.3, 0.4) is 0 Å². The van der Waals surface area contributed by atoms with Gasteiger partial charge in [0, 0.05) is 0 Å². The molecule has 2 aromatic carbocycles. The summed E-state index contributed by atoms with van der Waals surface area (Å²) in [5.41, 5.74) is 1.12. The highest BCUT2D eigenvalue weighted by Gasteiger charge is 2.18. The lowest BCUT2D eigenvalue weighted by atomic mass is 9.87. The highest BCUT2D eigenvalue weighted by molar-refractivity contribution is 7.92. The van der Waals surface area contributed by atoms with Crippen LogP contribution in [0.15, 0.2) is 47.4 Å². The van der Waals surface area contributed by atoms with Crippen molar-refractivity contribution in [3.8, 4) is 0 Å². The summed E-state index contributed by atoms with van der Waals surface area (Å²) in [5.74, 6) is -0.525. The largest absolute Gasteiger partial charge is 0.278 e. The lowest BCUT2D eigenvalue weighted by molar-refractivity contribution is 0.587. The van der Waals surface area contributed by atoms with E-state index in [4.69, 9.17) is 11.6 Å². The molecule has 0 aliphatic heterocycles. The van der Waals surface area contributed by atoms with Crippen molar-refractivity contribution in [3.05, 3.63) is 58.9 Å². The van der Waals surface area contributed by atoms with E-state index in [2.05, 4.69) is 4.72 Å². The molecule has 0 fully saturated rings. The molecule has 3 nitrogen and oxygen atoms in total. The molecule has 0 radical (unpaired) electrons. The molecule has 2 aromatic rings. The van der Waals surface area contributed by atoms with Crippen molar-refractivity contribution in [1.29, 1.82) is 0 Å². The smallest absolute Gasteiger partial charge is 0.261 e. The average molecular weight is 342 g/mol. The van der Waals surface area contributed by atoms with E-state index < -0.39 is 15.8 Å². The molecule has 0 saturated heterocycles. The van der Waals surface area contributed by atoms with Gasteiger partial charge in [0.25, 0.3) is 10.0 Å². The Morgan fingerprint density at radius 1 is 1.05 bits per heavy atom. The molecule has 0 aromatic heterocycles. The van der Waals surface area contributed by atoms with Crippen molar-refractivity contribution >= 4 is 27.3 Å². The van der Waals surface area contributed by atoms with E-state index in [1.807, 2.05) is 20.8 Å². The molecule has 0 saturated carbocycles. The van der Waals surface area contributed by atoms with Crippen LogP contribution in [0.1, 0.15) is 26.3 Å². The molecule has 0 spiro atoms. The minimum atomic E-state index is -3.77. The van der Waals surface area contributed by atoms with Crippen LogP contribution in [-0.2, 0) is 15.4 Å². The van der Waals surface area contributed by atoms with E-state index in [9.17, 15) is 12.8 Å². The summed E-state index contributed by atoms with van der Waals surface area (Å²) in [6.07, 6.45) is 0. The van der Waals surface area contributed by atoms with Crippen LogP contribution in [-0.4, -0.2) is 8.42 Å². The van der Waals surface area contributed by atoms with E-state index in [0.717, 1.165) is 17.7 Å². The fraction of sp³-hybridized carbons (Fsp3) is 0.250. The maximum atomic E-state index is 13.0. The molecular weight excluding hydrogens is 325 g/mol. The Labute approximate surface area is 135 Å². The number of benzene rings is 2. The van der Waals surface area contributed by atoms with Crippen molar-refractivity contribution in [1.82, 2.24) is 0 Å². The summed E-state index contributed by atoms with van der Waals surface area (Å²) in [7, 11) is -3.77. The molecule has 0 unspecified atom stereocenters. The van der Waals surface area contributed by atoms with Crippen LogP contribution in [0.2, 0.25) is 5.02 Å². The van der Waals surface area contributed by atoms with Crippen LogP contribution < -0.4 is 4.72 Å². The summed E-state index contributed by atoms with van der Waals surface area (Å²) in [4.78, 5) is 0.126. The third-order valence-electron chi connectivity index (χ3n) is 3.21. The molecule has 2 rings (SSSR count). The third-order valence-corrected chi connectivity index (χ3v) is 4.90. The van der Waals surface area contributed by atoms with Crippen LogP contribution in [0.4, 0.5) is 10.1 Å². The Balaban J connectivity index is 2.31. The van der Waals surface area contributed by atoms with Gasteiger partial charge in [0.05, 0.1) is 15.6 Å². The normalized spacial score (nSPS) is 12.2. The summed E-state index contributed by atoms with van der Waals surface area (Å²) in [6.45, 7) is 6.15. The van der Waals surface area contributed by atoms with Gasteiger partial charge in [-0.05, 0) is 41.3 Å². The standard InChI is InChI=1S/C16H17ClFNO2S/c1-16(2,3)11-4-7-13(8-5-11)22(20,21)19-15-9-6-12(18)10-14(15)17/h4-10,19H,1-3H3. The maximum absolute atomic E-state index is 13.0. The summed E-state index contributed by atoms with van der Waals surface area (Å²) < 4.78 is 40.0. The first-order valence-electron chi connectivity index (χ1n) is 6.68. The zero-order valence-electron chi connectivity index (χ0n) is 12.5. The molecular formula is C16H17ClFNO2S. The second-order valence-corrected chi connectivity index (χ2v) is 8.09. The zero-order chi connectivity index (χ0) is 16.5. The first-order chi connectivity index (χ1) is 10.1. The molecule has 0 atom stereocenters. The number of hydrogen-bond donors (Lipinski definition) is 1. The zero-order valence-corrected chi connectivity index (χ0v) is 14.1. The Bertz CT molecular complexity index is 781. The van der Waals surface area contributed by atoms with E-state index in [0.29, 0.717) is 0 Å². The number of anilines is 1. The van der Waals surface area contributed by atoms with Gasteiger partial charge in [-0.1, -0.05) is 44.5 Å². The second kappa shape index (κ2) is 5.89. The third kappa shape index (κ3) is 3.78. The molecule has 1 N–H and O–H groups in total. The van der Waals surface area contributed by atoms with Crippen molar-refractivity contribution < 1.29 is 12.8 Å². The monoisotopic (exact) mass is 341 g/mol. The van der Waals surface area contributed by atoms with Gasteiger partial charge in [-0.15, -0.1) is 0 Å². The predicted octanol–water partition coefficient (Wildman–Crippen LogP) is 4.58. The number of rotatable bonds is 3. The molecule has 0 aliphatic carbocycles. The molecule has 0 heterocycles. The highest BCUT2D eigenvalue weighted by atomic mass is 35.5. The Kier molecular flexibility index (Phi) is 4.49. The second-order valence-electron chi connectivity index (χ2n) is 6.00. The van der Waals surface area contributed by atoms with Gasteiger partial charge in [-0.25, -0.2) is 12.8 Å². The van der Waals surface area contributed by atoms with Crippen LogP contribution in [0, 0.1) is 5.82 Å². The molecule has 22 heavy (non-hydrogen) atoms. The van der Waals surface area contributed by atoms with Crippen LogP contribution in [0.25, 0.3) is 0 Å². The molecule has 118 valence electrons. The van der Waals surface area contributed by atoms with Gasteiger partial charge in [-0.2, -0.15) is 0 Å². The summed E-state index contributed by atoms with van der Waals surface area (Å²) in [6, 6.07) is 10.1.